The molecule has 142 valence electrons. The Morgan fingerprint density at radius 1 is 0.708 bits per heavy atom. The maximum atomic E-state index is 13.4. The lowest BCUT2D eigenvalue weighted by Crippen LogP contribution is -2.64. The van der Waals surface area contributed by atoms with Gasteiger partial charge in [-0.1, -0.05) is 0 Å². The molecule has 0 spiro atoms. The van der Waals surface area contributed by atoms with Crippen molar-refractivity contribution in [2.75, 3.05) is 14.2 Å². The normalized spacial score (nSPS) is 16.3. The quantitative estimate of drug-likeness (QED) is 0.520. The van der Waals surface area contributed by atoms with Crippen LogP contribution >= 0.6 is 0 Å². The minimum atomic E-state index is -7.04. The summed E-state index contributed by atoms with van der Waals surface area (Å²) in [6.45, 7) is 0. The van der Waals surface area contributed by atoms with E-state index in [1.54, 1.807) is 0 Å². The summed E-state index contributed by atoms with van der Waals surface area (Å²) < 4.78 is 137. The van der Waals surface area contributed by atoms with Crippen LogP contribution in [-0.2, 0) is 23.8 Å². The monoisotopic (exact) mass is 384 g/mol. The first-order valence-corrected chi connectivity index (χ1v) is 5.18. The van der Waals surface area contributed by atoms with Crippen LogP contribution in [0.1, 0.15) is 0 Å². The van der Waals surface area contributed by atoms with Crippen LogP contribution in [-0.4, -0.2) is 56.1 Å². The molecule has 0 aliphatic rings. The zero-order valence-electron chi connectivity index (χ0n) is 11.3. The Morgan fingerprint density at radius 2 is 1.08 bits per heavy atom. The summed E-state index contributed by atoms with van der Waals surface area (Å²) >= 11 is 0. The van der Waals surface area contributed by atoms with Gasteiger partial charge in [0.05, 0.1) is 14.2 Å². The number of esters is 2. The van der Waals surface area contributed by atoms with E-state index >= 15 is 0 Å². The molecule has 0 aromatic heterocycles. The summed E-state index contributed by atoms with van der Waals surface area (Å²) in [5.41, 5.74) is 0. The van der Waals surface area contributed by atoms with Crippen LogP contribution in [0.5, 0.6) is 0 Å². The van der Waals surface area contributed by atoms with Crippen molar-refractivity contribution in [3.05, 3.63) is 0 Å². The standard InChI is InChI=1S/C9H6F10O5/c1-22-3(20)5(10,11)7(13,14)9(18,19)24-6(12,4(21)23-2)8(15,16)17/h1-2H3. The summed E-state index contributed by atoms with van der Waals surface area (Å²) in [6, 6.07) is 0. The fraction of sp³-hybridized carbons (Fsp3) is 0.778. The number of ether oxygens (including phenoxy) is 3. The van der Waals surface area contributed by atoms with Crippen molar-refractivity contribution in [2.45, 2.75) is 30.0 Å². The first-order valence-electron chi connectivity index (χ1n) is 5.18. The van der Waals surface area contributed by atoms with E-state index < -0.39 is 41.9 Å². The van der Waals surface area contributed by atoms with Crippen molar-refractivity contribution in [3.63, 3.8) is 0 Å². The summed E-state index contributed by atoms with van der Waals surface area (Å²) in [7, 11) is 0.0973. The summed E-state index contributed by atoms with van der Waals surface area (Å²) in [6.07, 6.45) is -13.7. The SMILES string of the molecule is COC(=O)C(F)(F)C(F)(F)C(F)(F)OC(F)(C(=O)OC)C(F)(F)F. The number of alkyl halides is 10. The second kappa shape index (κ2) is 6.25. The summed E-state index contributed by atoms with van der Waals surface area (Å²) in [5.74, 6) is -26.3. The van der Waals surface area contributed by atoms with E-state index in [4.69, 9.17) is 0 Å². The Kier molecular flexibility index (Phi) is 5.78. The van der Waals surface area contributed by atoms with Gasteiger partial charge in [-0.05, 0) is 0 Å². The van der Waals surface area contributed by atoms with Gasteiger partial charge in [0, 0.05) is 0 Å². The molecule has 0 aliphatic carbocycles. The van der Waals surface area contributed by atoms with E-state index in [0.29, 0.717) is 0 Å². The number of hydrogen-bond acceptors (Lipinski definition) is 5. The van der Waals surface area contributed by atoms with Gasteiger partial charge in [0.2, 0.25) is 0 Å². The van der Waals surface area contributed by atoms with Crippen molar-refractivity contribution < 1.29 is 67.7 Å². The number of methoxy groups -OCH3 is 2. The maximum Gasteiger partial charge on any atom is 0.460 e. The third kappa shape index (κ3) is 3.34. The molecule has 0 radical (unpaired) electrons. The van der Waals surface area contributed by atoms with E-state index in [2.05, 4.69) is 14.2 Å². The highest BCUT2D eigenvalue weighted by Crippen LogP contribution is 2.51. The average molecular weight is 384 g/mol. The molecule has 0 aromatic rings. The maximum absolute atomic E-state index is 13.4. The molecule has 15 heteroatoms. The Balaban J connectivity index is 6.06. The Labute approximate surface area is 125 Å². The van der Waals surface area contributed by atoms with Gasteiger partial charge >= 0.3 is 41.9 Å². The van der Waals surface area contributed by atoms with Crippen molar-refractivity contribution in [1.29, 1.82) is 0 Å². The Morgan fingerprint density at radius 3 is 1.38 bits per heavy atom. The molecular formula is C9H6F10O5. The van der Waals surface area contributed by atoms with Crippen LogP contribution in [0.25, 0.3) is 0 Å². The second-order valence-electron chi connectivity index (χ2n) is 3.84. The lowest BCUT2D eigenvalue weighted by molar-refractivity contribution is -0.458. The minimum Gasteiger partial charge on any atom is -0.465 e. The topological polar surface area (TPSA) is 61.8 Å². The molecule has 0 aromatic carbocycles. The van der Waals surface area contributed by atoms with Crippen molar-refractivity contribution in [1.82, 2.24) is 0 Å². The summed E-state index contributed by atoms with van der Waals surface area (Å²) in [4.78, 5) is 21.1. The van der Waals surface area contributed by atoms with Gasteiger partial charge in [-0.3, -0.25) is 4.74 Å². The van der Waals surface area contributed by atoms with E-state index in [9.17, 15) is 53.5 Å². The molecule has 1 unspecified atom stereocenters. The molecule has 0 rings (SSSR count). The van der Waals surface area contributed by atoms with Crippen LogP contribution in [0.15, 0.2) is 0 Å². The Hall–Kier alpha value is -1.80. The van der Waals surface area contributed by atoms with Gasteiger partial charge in [-0.25, -0.2) is 9.59 Å². The molecule has 0 heterocycles. The van der Waals surface area contributed by atoms with Crippen LogP contribution < -0.4 is 0 Å². The summed E-state index contributed by atoms with van der Waals surface area (Å²) in [5, 5.41) is 0. The van der Waals surface area contributed by atoms with Gasteiger partial charge < -0.3 is 9.47 Å². The fourth-order valence-corrected chi connectivity index (χ4v) is 1.03. The molecule has 5 nitrogen and oxygen atoms in total. The zero-order valence-corrected chi connectivity index (χ0v) is 11.3. The van der Waals surface area contributed by atoms with Crippen LogP contribution in [0, 0.1) is 0 Å². The number of hydrogen-bond donors (Lipinski definition) is 0. The molecule has 1 atom stereocenters. The van der Waals surface area contributed by atoms with E-state index in [-0.39, 0.29) is 14.2 Å². The first-order chi connectivity index (χ1) is 10.4. The van der Waals surface area contributed by atoms with E-state index in [0.717, 1.165) is 0 Å². The first kappa shape index (κ1) is 22.2. The molecule has 0 aliphatic heterocycles. The van der Waals surface area contributed by atoms with Gasteiger partial charge in [0.25, 0.3) is 0 Å². The highest BCUT2D eigenvalue weighted by atomic mass is 19.4. The third-order valence-corrected chi connectivity index (χ3v) is 2.28. The van der Waals surface area contributed by atoms with Crippen LogP contribution in [0.2, 0.25) is 0 Å². The van der Waals surface area contributed by atoms with Gasteiger partial charge in [0.1, 0.15) is 0 Å². The number of rotatable bonds is 6. The smallest absolute Gasteiger partial charge is 0.460 e. The average Bonchev–Trinajstić information content (AvgIpc) is 2.42. The van der Waals surface area contributed by atoms with Crippen LogP contribution in [0.4, 0.5) is 43.9 Å². The molecule has 0 bridgehead atoms. The van der Waals surface area contributed by atoms with Crippen molar-refractivity contribution >= 4 is 11.9 Å². The molecule has 0 saturated carbocycles. The molecule has 0 amide bonds. The highest BCUT2D eigenvalue weighted by molar-refractivity contribution is 5.79. The fourth-order valence-electron chi connectivity index (χ4n) is 1.03. The predicted octanol–water partition coefficient (Wildman–Crippen LogP) is 2.44. The third-order valence-electron chi connectivity index (χ3n) is 2.28. The number of carbonyl (C=O) groups is 2. The largest absolute Gasteiger partial charge is 0.465 e. The number of halogens is 10. The molecular weight excluding hydrogens is 378 g/mol. The van der Waals surface area contributed by atoms with Gasteiger partial charge in [-0.2, -0.15) is 43.9 Å². The molecule has 0 fully saturated rings. The second-order valence-corrected chi connectivity index (χ2v) is 3.84. The molecule has 0 N–H and O–H groups in total. The van der Waals surface area contributed by atoms with Crippen molar-refractivity contribution in [3.8, 4) is 0 Å². The molecule has 0 saturated heterocycles. The van der Waals surface area contributed by atoms with Gasteiger partial charge in [0.15, 0.2) is 0 Å². The lowest BCUT2D eigenvalue weighted by atomic mass is 10.1. The minimum absolute atomic E-state index is 0.0328. The lowest BCUT2D eigenvalue weighted by Gasteiger charge is -2.34. The predicted molar refractivity (Wildman–Crippen MR) is 49.9 cm³/mol. The van der Waals surface area contributed by atoms with Crippen LogP contribution in [0.3, 0.4) is 0 Å². The highest BCUT2D eigenvalue weighted by Gasteiger charge is 2.81. The van der Waals surface area contributed by atoms with E-state index in [1.807, 2.05) is 0 Å². The zero-order chi connectivity index (χ0) is 19.8. The van der Waals surface area contributed by atoms with E-state index in [1.165, 1.54) is 0 Å². The Bertz CT molecular complexity index is 501. The molecule has 24 heavy (non-hydrogen) atoms. The number of carbonyl (C=O) groups excluding carboxylic acids is 2. The van der Waals surface area contributed by atoms with Crippen molar-refractivity contribution in [2.24, 2.45) is 0 Å². The van der Waals surface area contributed by atoms with Gasteiger partial charge in [-0.15, -0.1) is 0 Å².